The van der Waals surface area contributed by atoms with Crippen LogP contribution in [0.25, 0.3) is 0 Å². The van der Waals surface area contributed by atoms with Crippen LogP contribution >= 0.6 is 0 Å². The van der Waals surface area contributed by atoms with E-state index in [9.17, 15) is 0 Å². The molecule has 0 aliphatic carbocycles. The smallest absolute Gasteiger partial charge is 0.0232 e. The van der Waals surface area contributed by atoms with Gasteiger partial charge in [0.1, 0.15) is 0 Å². The van der Waals surface area contributed by atoms with Crippen LogP contribution in [0.15, 0.2) is 23.8 Å². The lowest BCUT2D eigenvalue weighted by Gasteiger charge is -2.15. The fraction of sp³-hybridized carbons (Fsp3) is 0.750. The maximum atomic E-state index is 4.03. The van der Waals surface area contributed by atoms with Gasteiger partial charge >= 0.3 is 0 Å². The molecule has 0 spiro atoms. The van der Waals surface area contributed by atoms with Crippen LogP contribution in [0.4, 0.5) is 0 Å². The molecular weight excluding hydrogens is 192 g/mol. The van der Waals surface area contributed by atoms with E-state index in [1.54, 1.807) is 5.57 Å². The van der Waals surface area contributed by atoms with Crippen molar-refractivity contribution in [2.75, 3.05) is 0 Å². The molecule has 0 aliphatic rings. The second kappa shape index (κ2) is 7.70. The summed E-state index contributed by atoms with van der Waals surface area (Å²) >= 11 is 0. The molecule has 94 valence electrons. The van der Waals surface area contributed by atoms with Crippen LogP contribution in [0, 0.1) is 17.8 Å². The summed E-state index contributed by atoms with van der Waals surface area (Å²) in [5.74, 6) is 2.14. The topological polar surface area (TPSA) is 0 Å². The molecule has 2 unspecified atom stereocenters. The highest BCUT2D eigenvalue weighted by atomic mass is 14.1. The lowest BCUT2D eigenvalue weighted by molar-refractivity contribution is 0.518. The molecule has 0 fully saturated rings. The minimum absolute atomic E-state index is 0.643. The van der Waals surface area contributed by atoms with Gasteiger partial charge in [-0.2, -0.15) is 0 Å². The van der Waals surface area contributed by atoms with Gasteiger partial charge in [0.25, 0.3) is 0 Å². The van der Waals surface area contributed by atoms with Crippen molar-refractivity contribution in [1.29, 1.82) is 0 Å². The zero-order chi connectivity index (χ0) is 12.7. The standard InChI is InChI=1S/C16H30/c1-12(2)8-9-14(5)10-15(6)11-16(7)13(3)4/h10,12,15-16H,3,8-9,11H2,1-2,4-7H3. The Morgan fingerprint density at radius 2 is 1.69 bits per heavy atom. The van der Waals surface area contributed by atoms with Crippen molar-refractivity contribution in [3.63, 3.8) is 0 Å². The van der Waals surface area contributed by atoms with Gasteiger partial charge in [-0.15, -0.1) is 0 Å². The van der Waals surface area contributed by atoms with Gasteiger partial charge in [-0.25, -0.2) is 0 Å². The Morgan fingerprint density at radius 1 is 1.12 bits per heavy atom. The molecule has 0 nitrogen and oxygen atoms in total. The predicted octanol–water partition coefficient (Wildman–Crippen LogP) is 5.61. The Morgan fingerprint density at radius 3 is 2.12 bits per heavy atom. The van der Waals surface area contributed by atoms with Gasteiger partial charge in [-0.05, 0) is 50.9 Å². The normalized spacial score (nSPS) is 16.3. The van der Waals surface area contributed by atoms with Gasteiger partial charge in [-0.1, -0.05) is 51.5 Å². The molecule has 0 saturated carbocycles. The minimum Gasteiger partial charge on any atom is -0.0999 e. The molecule has 0 aromatic heterocycles. The van der Waals surface area contributed by atoms with Crippen LogP contribution in [0.1, 0.15) is 60.8 Å². The molecule has 0 radical (unpaired) electrons. The number of allylic oxidation sites excluding steroid dienone is 3. The lowest BCUT2D eigenvalue weighted by Crippen LogP contribution is -2.02. The van der Waals surface area contributed by atoms with E-state index in [2.05, 4.69) is 54.2 Å². The zero-order valence-electron chi connectivity index (χ0n) is 12.1. The highest BCUT2D eigenvalue weighted by Gasteiger charge is 2.07. The third-order valence-electron chi connectivity index (χ3n) is 3.25. The molecule has 0 bridgehead atoms. The fourth-order valence-electron chi connectivity index (χ4n) is 1.91. The predicted molar refractivity (Wildman–Crippen MR) is 75.6 cm³/mol. The van der Waals surface area contributed by atoms with E-state index in [4.69, 9.17) is 0 Å². The van der Waals surface area contributed by atoms with Crippen molar-refractivity contribution in [2.45, 2.75) is 60.8 Å². The Labute approximate surface area is 103 Å². The second-order valence-corrected chi connectivity index (χ2v) is 5.91. The summed E-state index contributed by atoms with van der Waals surface area (Å²) in [6.45, 7) is 17.6. The van der Waals surface area contributed by atoms with Crippen LogP contribution in [0.5, 0.6) is 0 Å². The van der Waals surface area contributed by atoms with E-state index in [0.29, 0.717) is 11.8 Å². The van der Waals surface area contributed by atoms with Gasteiger partial charge in [0.15, 0.2) is 0 Å². The van der Waals surface area contributed by atoms with E-state index >= 15 is 0 Å². The maximum absolute atomic E-state index is 4.03. The quantitative estimate of drug-likeness (QED) is 0.491. The fourth-order valence-corrected chi connectivity index (χ4v) is 1.91. The molecule has 2 atom stereocenters. The third kappa shape index (κ3) is 7.73. The van der Waals surface area contributed by atoms with Gasteiger partial charge in [-0.3, -0.25) is 0 Å². The van der Waals surface area contributed by atoms with Crippen molar-refractivity contribution in [1.82, 2.24) is 0 Å². The van der Waals surface area contributed by atoms with Crippen molar-refractivity contribution in [3.05, 3.63) is 23.8 Å². The first kappa shape index (κ1) is 15.5. The van der Waals surface area contributed by atoms with Crippen molar-refractivity contribution in [3.8, 4) is 0 Å². The summed E-state index contributed by atoms with van der Waals surface area (Å²) in [5, 5.41) is 0. The van der Waals surface area contributed by atoms with E-state index in [1.807, 2.05) is 0 Å². The Kier molecular flexibility index (Phi) is 7.45. The van der Waals surface area contributed by atoms with Crippen LogP contribution in [-0.2, 0) is 0 Å². The van der Waals surface area contributed by atoms with E-state index in [-0.39, 0.29) is 0 Å². The molecule has 0 amide bonds. The zero-order valence-corrected chi connectivity index (χ0v) is 12.1. The third-order valence-corrected chi connectivity index (χ3v) is 3.25. The van der Waals surface area contributed by atoms with Crippen molar-refractivity contribution in [2.24, 2.45) is 17.8 Å². The maximum Gasteiger partial charge on any atom is -0.0232 e. The van der Waals surface area contributed by atoms with Crippen LogP contribution in [0.3, 0.4) is 0 Å². The molecule has 0 heterocycles. The molecular formula is C16H30. The molecule has 0 aliphatic heterocycles. The van der Waals surface area contributed by atoms with E-state index < -0.39 is 0 Å². The molecule has 0 heteroatoms. The van der Waals surface area contributed by atoms with Gasteiger partial charge in [0, 0.05) is 0 Å². The lowest BCUT2D eigenvalue weighted by atomic mass is 9.90. The summed E-state index contributed by atoms with van der Waals surface area (Å²) in [5.41, 5.74) is 2.86. The molecule has 16 heavy (non-hydrogen) atoms. The summed E-state index contributed by atoms with van der Waals surface area (Å²) in [4.78, 5) is 0. The number of hydrogen-bond donors (Lipinski definition) is 0. The van der Waals surface area contributed by atoms with Crippen molar-refractivity contribution >= 4 is 0 Å². The average molecular weight is 222 g/mol. The van der Waals surface area contributed by atoms with E-state index in [0.717, 1.165) is 5.92 Å². The van der Waals surface area contributed by atoms with Gasteiger partial charge < -0.3 is 0 Å². The first-order valence-corrected chi connectivity index (χ1v) is 6.65. The van der Waals surface area contributed by atoms with Gasteiger partial charge in [0.05, 0.1) is 0 Å². The summed E-state index contributed by atoms with van der Waals surface area (Å²) in [6.07, 6.45) is 6.24. The number of rotatable bonds is 7. The van der Waals surface area contributed by atoms with E-state index in [1.165, 1.54) is 24.8 Å². The Hall–Kier alpha value is -0.520. The first-order chi connectivity index (χ1) is 7.32. The van der Waals surface area contributed by atoms with Crippen LogP contribution in [-0.4, -0.2) is 0 Å². The van der Waals surface area contributed by atoms with Crippen molar-refractivity contribution < 1.29 is 0 Å². The SMILES string of the molecule is C=C(C)C(C)CC(C)C=C(C)CCC(C)C. The summed E-state index contributed by atoms with van der Waals surface area (Å²) in [6, 6.07) is 0. The first-order valence-electron chi connectivity index (χ1n) is 6.65. The monoisotopic (exact) mass is 222 g/mol. The summed E-state index contributed by atoms with van der Waals surface area (Å²) in [7, 11) is 0. The Bertz CT molecular complexity index is 232. The molecule has 0 saturated heterocycles. The Balaban J connectivity index is 4.04. The van der Waals surface area contributed by atoms with Crippen LogP contribution < -0.4 is 0 Å². The molecule has 0 N–H and O–H groups in total. The highest BCUT2D eigenvalue weighted by molar-refractivity contribution is 5.03. The molecule has 0 aromatic rings. The molecule has 0 aromatic carbocycles. The largest absolute Gasteiger partial charge is 0.0999 e. The van der Waals surface area contributed by atoms with Gasteiger partial charge in [0.2, 0.25) is 0 Å². The number of hydrogen-bond acceptors (Lipinski definition) is 0. The molecule has 0 rings (SSSR count). The van der Waals surface area contributed by atoms with Crippen LogP contribution in [0.2, 0.25) is 0 Å². The average Bonchev–Trinajstić information content (AvgIpc) is 2.14. The highest BCUT2D eigenvalue weighted by Crippen LogP contribution is 2.21. The second-order valence-electron chi connectivity index (χ2n) is 5.91. The summed E-state index contributed by atoms with van der Waals surface area (Å²) < 4.78 is 0. The minimum atomic E-state index is 0.643.